The van der Waals surface area contributed by atoms with Crippen molar-refractivity contribution in [3.05, 3.63) is 34.9 Å². The number of hydrogen-bond acceptors (Lipinski definition) is 2. The monoisotopic (exact) mass is 306 g/mol. The maximum atomic E-state index is 5.62. The number of ether oxygens (including phenoxy) is 2. The average molecular weight is 306 g/mol. The van der Waals surface area contributed by atoms with Crippen LogP contribution in [0.4, 0.5) is 0 Å². The Balaban J connectivity index is 2.19. The Bertz CT molecular complexity index is 405. The van der Waals surface area contributed by atoms with Gasteiger partial charge in [0.2, 0.25) is 0 Å². The highest BCUT2D eigenvalue weighted by Crippen LogP contribution is 2.24. The zero-order valence-corrected chi connectivity index (χ0v) is 15.2. The van der Waals surface area contributed by atoms with Gasteiger partial charge in [-0.2, -0.15) is 0 Å². The van der Waals surface area contributed by atoms with Crippen LogP contribution in [-0.2, 0) is 9.47 Å². The molecule has 0 aromatic carbocycles. The second kappa shape index (κ2) is 10.0. The van der Waals surface area contributed by atoms with Gasteiger partial charge in [0.05, 0.1) is 13.2 Å². The summed E-state index contributed by atoms with van der Waals surface area (Å²) in [4.78, 5) is 0. The van der Waals surface area contributed by atoms with Crippen molar-refractivity contribution >= 4 is 0 Å². The Morgan fingerprint density at radius 1 is 0.818 bits per heavy atom. The highest BCUT2D eigenvalue weighted by atomic mass is 16.7. The van der Waals surface area contributed by atoms with E-state index in [4.69, 9.17) is 9.47 Å². The van der Waals surface area contributed by atoms with Crippen LogP contribution in [0.5, 0.6) is 0 Å². The fourth-order valence-electron chi connectivity index (χ4n) is 2.62. The molecule has 0 aromatic rings. The van der Waals surface area contributed by atoms with E-state index in [0.29, 0.717) is 0 Å². The van der Waals surface area contributed by atoms with Crippen LogP contribution in [0, 0.1) is 0 Å². The van der Waals surface area contributed by atoms with Gasteiger partial charge in [0.15, 0.2) is 5.79 Å². The van der Waals surface area contributed by atoms with E-state index in [1.54, 1.807) is 0 Å². The van der Waals surface area contributed by atoms with Crippen LogP contribution >= 0.6 is 0 Å². The number of hydrogen-bond donors (Lipinski definition) is 0. The molecular formula is C20H34O2. The molecule has 0 bridgehead atoms. The molecule has 1 aliphatic heterocycles. The first kappa shape index (κ1) is 19.2. The molecule has 1 heterocycles. The molecule has 0 spiro atoms. The smallest absolute Gasteiger partial charge is 0.166 e. The van der Waals surface area contributed by atoms with Gasteiger partial charge in [0, 0.05) is 6.42 Å². The lowest BCUT2D eigenvalue weighted by Gasteiger charge is -2.21. The van der Waals surface area contributed by atoms with Crippen LogP contribution in [0.1, 0.15) is 73.1 Å². The normalized spacial score (nSPS) is 18.6. The molecule has 1 saturated heterocycles. The topological polar surface area (TPSA) is 18.5 Å². The lowest BCUT2D eigenvalue weighted by atomic mass is 10.0. The van der Waals surface area contributed by atoms with Crippen LogP contribution < -0.4 is 0 Å². The molecule has 0 amide bonds. The number of allylic oxidation sites excluding steroid dienone is 6. The van der Waals surface area contributed by atoms with Gasteiger partial charge in [-0.1, -0.05) is 34.9 Å². The molecular weight excluding hydrogens is 272 g/mol. The van der Waals surface area contributed by atoms with Crippen molar-refractivity contribution in [2.75, 3.05) is 13.2 Å². The summed E-state index contributed by atoms with van der Waals surface area (Å²) in [6.45, 7) is 12.3. The molecule has 0 saturated carbocycles. The van der Waals surface area contributed by atoms with Gasteiger partial charge >= 0.3 is 0 Å². The first-order valence-electron chi connectivity index (χ1n) is 8.64. The zero-order chi connectivity index (χ0) is 16.4. The van der Waals surface area contributed by atoms with Crippen molar-refractivity contribution in [1.82, 2.24) is 0 Å². The van der Waals surface area contributed by atoms with Crippen molar-refractivity contribution in [3.8, 4) is 0 Å². The lowest BCUT2D eigenvalue weighted by Crippen LogP contribution is -2.24. The SMILES string of the molecule is CC(C)=CCC/C(C)=C\CC/C(C)=C\CCC1(C)OCCO1. The fourth-order valence-corrected chi connectivity index (χ4v) is 2.62. The van der Waals surface area contributed by atoms with E-state index in [1.165, 1.54) is 23.1 Å². The molecule has 2 heteroatoms. The van der Waals surface area contributed by atoms with Gasteiger partial charge in [-0.3, -0.25) is 0 Å². The van der Waals surface area contributed by atoms with Crippen LogP contribution in [0.25, 0.3) is 0 Å². The molecule has 1 rings (SSSR count). The van der Waals surface area contributed by atoms with E-state index in [9.17, 15) is 0 Å². The van der Waals surface area contributed by atoms with Gasteiger partial charge in [0.25, 0.3) is 0 Å². The Morgan fingerprint density at radius 2 is 1.32 bits per heavy atom. The average Bonchev–Trinajstić information content (AvgIpc) is 2.85. The molecule has 0 aromatic heterocycles. The van der Waals surface area contributed by atoms with Crippen molar-refractivity contribution in [1.29, 1.82) is 0 Å². The molecule has 1 fully saturated rings. The van der Waals surface area contributed by atoms with E-state index in [1.807, 2.05) is 6.92 Å². The maximum absolute atomic E-state index is 5.62. The molecule has 126 valence electrons. The molecule has 2 nitrogen and oxygen atoms in total. The third-order valence-electron chi connectivity index (χ3n) is 4.11. The lowest BCUT2D eigenvalue weighted by molar-refractivity contribution is -0.145. The zero-order valence-electron chi connectivity index (χ0n) is 15.2. The van der Waals surface area contributed by atoms with Crippen LogP contribution in [0.2, 0.25) is 0 Å². The molecule has 22 heavy (non-hydrogen) atoms. The minimum absolute atomic E-state index is 0.349. The van der Waals surface area contributed by atoms with Crippen LogP contribution in [0.15, 0.2) is 34.9 Å². The summed E-state index contributed by atoms with van der Waals surface area (Å²) in [5, 5.41) is 0. The molecule has 1 aliphatic rings. The van der Waals surface area contributed by atoms with E-state index in [-0.39, 0.29) is 5.79 Å². The summed E-state index contributed by atoms with van der Waals surface area (Å²) >= 11 is 0. The van der Waals surface area contributed by atoms with E-state index >= 15 is 0 Å². The Hall–Kier alpha value is -0.860. The Kier molecular flexibility index (Phi) is 8.74. The summed E-state index contributed by atoms with van der Waals surface area (Å²) in [6.07, 6.45) is 13.7. The van der Waals surface area contributed by atoms with Gasteiger partial charge in [-0.05, 0) is 66.7 Å². The Labute approximate surface area is 137 Å². The van der Waals surface area contributed by atoms with Crippen molar-refractivity contribution in [2.24, 2.45) is 0 Å². The van der Waals surface area contributed by atoms with Crippen LogP contribution in [-0.4, -0.2) is 19.0 Å². The van der Waals surface area contributed by atoms with Crippen molar-refractivity contribution < 1.29 is 9.47 Å². The maximum Gasteiger partial charge on any atom is 0.166 e. The predicted octanol–water partition coefficient (Wildman–Crippen LogP) is 5.95. The second-order valence-corrected chi connectivity index (χ2v) is 6.83. The van der Waals surface area contributed by atoms with Crippen LogP contribution in [0.3, 0.4) is 0 Å². The van der Waals surface area contributed by atoms with Gasteiger partial charge in [0.1, 0.15) is 0 Å². The highest BCUT2D eigenvalue weighted by Gasteiger charge is 2.29. The molecule has 0 radical (unpaired) electrons. The van der Waals surface area contributed by atoms with E-state index in [0.717, 1.165) is 45.3 Å². The predicted molar refractivity (Wildman–Crippen MR) is 95.0 cm³/mol. The summed E-state index contributed by atoms with van der Waals surface area (Å²) < 4.78 is 11.2. The van der Waals surface area contributed by atoms with E-state index in [2.05, 4.69) is 45.9 Å². The van der Waals surface area contributed by atoms with Crippen molar-refractivity contribution in [2.45, 2.75) is 78.9 Å². The summed E-state index contributed by atoms with van der Waals surface area (Å²) in [7, 11) is 0. The molecule has 0 atom stereocenters. The first-order chi connectivity index (χ1) is 10.4. The standard InChI is InChI=1S/C20H34O2/c1-17(2)9-6-10-18(3)11-7-12-19(4)13-8-14-20(5)21-15-16-22-20/h9,11,13H,6-8,10,12,14-16H2,1-5H3/b18-11-,19-13-. The molecule has 0 unspecified atom stereocenters. The largest absolute Gasteiger partial charge is 0.348 e. The quantitative estimate of drug-likeness (QED) is 0.490. The number of rotatable bonds is 9. The summed E-state index contributed by atoms with van der Waals surface area (Å²) in [5.74, 6) is -0.349. The van der Waals surface area contributed by atoms with Gasteiger partial charge in [-0.15, -0.1) is 0 Å². The second-order valence-electron chi connectivity index (χ2n) is 6.83. The third-order valence-corrected chi connectivity index (χ3v) is 4.11. The van der Waals surface area contributed by atoms with Crippen molar-refractivity contribution in [3.63, 3.8) is 0 Å². The highest BCUT2D eigenvalue weighted by molar-refractivity contribution is 5.05. The van der Waals surface area contributed by atoms with E-state index < -0.39 is 0 Å². The Morgan fingerprint density at radius 3 is 1.86 bits per heavy atom. The third kappa shape index (κ3) is 8.55. The molecule has 0 aliphatic carbocycles. The minimum Gasteiger partial charge on any atom is -0.348 e. The fraction of sp³-hybridized carbons (Fsp3) is 0.700. The summed E-state index contributed by atoms with van der Waals surface area (Å²) in [5.41, 5.74) is 4.39. The molecule has 0 N–H and O–H groups in total. The first-order valence-corrected chi connectivity index (χ1v) is 8.64. The van der Waals surface area contributed by atoms with Gasteiger partial charge < -0.3 is 9.47 Å². The van der Waals surface area contributed by atoms with Gasteiger partial charge in [-0.25, -0.2) is 0 Å². The summed E-state index contributed by atoms with van der Waals surface area (Å²) in [6, 6.07) is 0. The minimum atomic E-state index is -0.349.